The second-order valence-corrected chi connectivity index (χ2v) is 12.7. The van der Waals surface area contributed by atoms with Crippen LogP contribution in [0.5, 0.6) is 0 Å². The van der Waals surface area contributed by atoms with Gasteiger partial charge in [-0.3, -0.25) is 0 Å². The van der Waals surface area contributed by atoms with Crippen LogP contribution in [0.3, 0.4) is 0 Å². The normalized spacial score (nSPS) is 10.3. The summed E-state index contributed by atoms with van der Waals surface area (Å²) in [5, 5.41) is 5.47. The zero-order valence-corrected chi connectivity index (χ0v) is 34.3. The van der Waals surface area contributed by atoms with Gasteiger partial charge in [-0.05, 0) is 34.9 Å². The fraction of sp³-hybridized carbons (Fsp3) is 0.238. The van der Waals surface area contributed by atoms with Gasteiger partial charge in [0, 0.05) is 0 Å². The summed E-state index contributed by atoms with van der Waals surface area (Å²) in [6.07, 6.45) is 0. The minimum absolute atomic E-state index is 0. The maximum absolute atomic E-state index is 3.06. The fourth-order valence-electron chi connectivity index (χ4n) is 5.65. The molecule has 0 fully saturated rings. The Morgan fingerprint density at radius 2 is 1.26 bits per heavy atom. The number of fused-ring (bicyclic) bond motifs is 2. The summed E-state index contributed by atoms with van der Waals surface area (Å²) in [7, 11) is 0. The monoisotopic (exact) mass is 742 g/mol. The molecule has 2 radical (unpaired) electrons. The summed E-state index contributed by atoms with van der Waals surface area (Å²) in [5.74, 6) is 0.581. The summed E-state index contributed by atoms with van der Waals surface area (Å²) >= 11 is 1.36. The van der Waals surface area contributed by atoms with E-state index in [4.69, 9.17) is 0 Å². The predicted molar refractivity (Wildman–Crippen MR) is 210 cm³/mol. The van der Waals surface area contributed by atoms with Crippen LogP contribution in [0, 0.1) is 35.6 Å². The number of benzene rings is 4. The van der Waals surface area contributed by atoms with E-state index in [1.165, 1.54) is 95.0 Å². The van der Waals surface area contributed by atoms with E-state index in [2.05, 4.69) is 165 Å². The molecule has 6 aromatic rings. The number of rotatable bonds is 3. The minimum atomic E-state index is 0. The van der Waals surface area contributed by atoms with Crippen molar-refractivity contribution in [3.63, 3.8) is 0 Å². The molecule has 0 aromatic heterocycles. The van der Waals surface area contributed by atoms with Crippen molar-refractivity contribution in [2.75, 3.05) is 0 Å². The molecule has 0 aliphatic carbocycles. The second-order valence-electron chi connectivity index (χ2n) is 12.7. The Bertz CT molecular complexity index is 1800. The van der Waals surface area contributed by atoms with Crippen molar-refractivity contribution >= 4 is 53.2 Å². The molecule has 0 heterocycles. The summed E-state index contributed by atoms with van der Waals surface area (Å²) in [5.41, 5.74) is 12.3. The van der Waals surface area contributed by atoms with Crippen LogP contribution in [0.4, 0.5) is 0 Å². The molecule has 0 unspecified atom stereocenters. The van der Waals surface area contributed by atoms with E-state index in [1.54, 1.807) is 0 Å². The Kier molecular flexibility index (Phi) is 18.0. The van der Waals surface area contributed by atoms with Gasteiger partial charge in [-0.1, -0.05) is 126 Å². The van der Waals surface area contributed by atoms with E-state index in [9.17, 15) is 0 Å². The summed E-state index contributed by atoms with van der Waals surface area (Å²) < 4.78 is 0. The summed E-state index contributed by atoms with van der Waals surface area (Å²) in [6, 6.07) is 38.1. The van der Waals surface area contributed by atoms with Gasteiger partial charge in [-0.25, -0.2) is 0 Å². The Balaban J connectivity index is 0.000000774. The van der Waals surface area contributed by atoms with Crippen LogP contribution < -0.4 is 0 Å². The van der Waals surface area contributed by atoms with Crippen molar-refractivity contribution in [1.82, 2.24) is 0 Å². The van der Waals surface area contributed by atoms with Crippen LogP contribution in [0.25, 0.3) is 43.8 Å². The standard InChI is InChI=1S/C21H23.C19H19.2CH3.2ClH.Si.Zr/c1-14-12-19-15(2)6-11-18(20(19)13-14)16-7-9-17(10-8-16)21(3,4)5;1-13(2)17-11-16-8-5-9-18(19(16)12-17)15-7-4-6-14(3)10-15;;;;;;/h6-13H,1-5H3;4-13H,1-3H3;2*1H3;2*1H;;/q4*-1;;;;. The first-order valence-corrected chi connectivity index (χ1v) is 19.0. The van der Waals surface area contributed by atoms with Gasteiger partial charge in [0.15, 0.2) is 0 Å². The van der Waals surface area contributed by atoms with Crippen LogP contribution in [-0.4, -0.2) is 6.88 Å². The molecule has 6 rings (SSSR count). The average molecular weight is 745 g/mol. The molecule has 0 nitrogen and oxygen atoms in total. The van der Waals surface area contributed by atoms with Crippen LogP contribution in [0.15, 0.2) is 103 Å². The topological polar surface area (TPSA) is 0 Å². The molecule has 0 saturated carbocycles. The summed E-state index contributed by atoms with van der Waals surface area (Å²) in [6.45, 7) is 20.8. The van der Waals surface area contributed by atoms with Gasteiger partial charge in [0.05, 0.1) is 0 Å². The quantitative estimate of drug-likeness (QED) is 0.125. The molecular formula is C42H50Cl2SiZr-4. The molecule has 0 saturated heterocycles. The molecule has 4 heteroatoms. The van der Waals surface area contributed by atoms with Crippen molar-refractivity contribution in [2.24, 2.45) is 0 Å². The van der Waals surface area contributed by atoms with Crippen LogP contribution >= 0.6 is 24.8 Å². The van der Waals surface area contributed by atoms with E-state index >= 15 is 0 Å². The van der Waals surface area contributed by atoms with Gasteiger partial charge in [-0.2, -0.15) is 12.1 Å². The first-order valence-electron chi connectivity index (χ1n) is 14.8. The molecule has 0 N–H and O–H groups in total. The Labute approximate surface area is 309 Å². The zero-order valence-electron chi connectivity index (χ0n) is 29.2. The third-order valence-corrected chi connectivity index (χ3v) is 8.08. The summed E-state index contributed by atoms with van der Waals surface area (Å²) in [4.78, 5) is 0. The Morgan fingerprint density at radius 1 is 0.652 bits per heavy atom. The first kappa shape index (κ1) is 43.8. The second kappa shape index (κ2) is 18.9. The zero-order chi connectivity index (χ0) is 30.6. The van der Waals surface area contributed by atoms with Crippen LogP contribution in [0.2, 0.25) is 0 Å². The van der Waals surface area contributed by atoms with Crippen molar-refractivity contribution in [1.29, 1.82) is 0 Å². The van der Waals surface area contributed by atoms with E-state index < -0.39 is 0 Å². The number of halogens is 2. The van der Waals surface area contributed by atoms with E-state index in [-0.39, 0.29) is 45.1 Å². The van der Waals surface area contributed by atoms with Gasteiger partial charge in [-0.15, -0.1) is 93.4 Å². The van der Waals surface area contributed by atoms with Gasteiger partial charge < -0.3 is 14.9 Å². The number of hydrogen-bond donors (Lipinski definition) is 0. The third kappa shape index (κ3) is 10.1. The van der Waals surface area contributed by atoms with Crippen molar-refractivity contribution < 1.29 is 23.3 Å². The van der Waals surface area contributed by atoms with Crippen molar-refractivity contribution in [3.05, 3.63) is 146 Å². The molecule has 0 atom stereocenters. The Hall–Kier alpha value is -2.22. The van der Waals surface area contributed by atoms with E-state index in [0.717, 1.165) is 0 Å². The number of hydrogen-bond acceptors (Lipinski definition) is 0. The average Bonchev–Trinajstić information content (AvgIpc) is 3.59. The molecule has 6 aromatic carbocycles. The molecule has 0 aliphatic rings. The Morgan fingerprint density at radius 3 is 1.85 bits per heavy atom. The number of aryl methyl sites for hydroxylation is 3. The maximum atomic E-state index is 3.06. The molecule has 0 bridgehead atoms. The van der Waals surface area contributed by atoms with Crippen molar-refractivity contribution in [2.45, 2.75) is 66.7 Å². The van der Waals surface area contributed by atoms with Gasteiger partial charge in [0.25, 0.3) is 0 Å². The molecule has 244 valence electrons. The SMILES string of the molecule is Cc1cc2c(-c3ccc(C(C)(C)C)cc3)ccc(C)c2[cH-]1.Cc1cccc(-c2cccc3[cH-]c(C(C)C)cc23)c1.Cl.Cl.[CH3-].[CH3-].[Si]=[Zr]. The van der Waals surface area contributed by atoms with E-state index in [1.807, 2.05) is 0 Å². The molecule has 0 aliphatic heterocycles. The van der Waals surface area contributed by atoms with Crippen molar-refractivity contribution in [3.8, 4) is 22.3 Å². The fourth-order valence-corrected chi connectivity index (χ4v) is 5.65. The predicted octanol–water partition coefficient (Wildman–Crippen LogP) is 13.2. The van der Waals surface area contributed by atoms with Crippen LogP contribution in [0.1, 0.15) is 68.4 Å². The molecule has 46 heavy (non-hydrogen) atoms. The third-order valence-electron chi connectivity index (χ3n) is 8.08. The van der Waals surface area contributed by atoms with Gasteiger partial charge >= 0.3 is 30.2 Å². The van der Waals surface area contributed by atoms with E-state index in [0.29, 0.717) is 5.92 Å². The molecular weight excluding hydrogens is 695 g/mol. The van der Waals surface area contributed by atoms with Gasteiger partial charge in [0.1, 0.15) is 0 Å². The van der Waals surface area contributed by atoms with Crippen LogP contribution in [-0.2, 0) is 28.8 Å². The first-order chi connectivity index (χ1) is 20.0. The van der Waals surface area contributed by atoms with Gasteiger partial charge in [0.2, 0.25) is 0 Å². The molecule has 0 amide bonds. The molecule has 0 spiro atoms.